The van der Waals surface area contributed by atoms with Gasteiger partial charge in [-0.25, -0.2) is 0 Å². The van der Waals surface area contributed by atoms with Crippen molar-refractivity contribution in [1.29, 1.82) is 0 Å². The quantitative estimate of drug-likeness (QED) is 0.874. The van der Waals surface area contributed by atoms with E-state index in [0.29, 0.717) is 12.1 Å². The molecule has 0 radical (unpaired) electrons. The zero-order valence-electron chi connectivity index (χ0n) is 14.4. The molecule has 4 heteroatoms. The Morgan fingerprint density at radius 1 is 1.38 bits per heavy atom. The van der Waals surface area contributed by atoms with Crippen LogP contribution in [0.3, 0.4) is 0 Å². The van der Waals surface area contributed by atoms with Crippen molar-refractivity contribution in [1.82, 2.24) is 20.0 Å². The molecule has 2 rings (SSSR count). The number of nitrogens with zero attached hydrogens (tertiary/aromatic N) is 3. The topological polar surface area (TPSA) is 33.1 Å². The van der Waals surface area contributed by atoms with Gasteiger partial charge in [0.1, 0.15) is 0 Å². The third-order valence-corrected chi connectivity index (χ3v) is 5.32. The summed E-state index contributed by atoms with van der Waals surface area (Å²) in [6.07, 6.45) is 5.64. The van der Waals surface area contributed by atoms with Crippen LogP contribution in [-0.2, 0) is 6.54 Å². The first kappa shape index (κ1) is 16.5. The maximum atomic E-state index is 4.79. The lowest BCUT2D eigenvalue weighted by atomic mass is 9.87. The van der Waals surface area contributed by atoms with E-state index in [0.717, 1.165) is 26.1 Å². The van der Waals surface area contributed by atoms with Gasteiger partial charge in [-0.05, 0) is 39.2 Å². The minimum absolute atomic E-state index is 0.284. The van der Waals surface area contributed by atoms with Crippen molar-refractivity contribution in [3.05, 3.63) is 18.0 Å². The molecule has 21 heavy (non-hydrogen) atoms. The fourth-order valence-corrected chi connectivity index (χ4v) is 3.33. The molecule has 120 valence electrons. The molecule has 1 fully saturated rings. The lowest BCUT2D eigenvalue weighted by Gasteiger charge is -2.49. The Morgan fingerprint density at radius 3 is 2.71 bits per heavy atom. The zero-order valence-corrected chi connectivity index (χ0v) is 14.4. The summed E-state index contributed by atoms with van der Waals surface area (Å²) in [7, 11) is 0. The molecule has 1 N–H and O–H groups in total. The summed E-state index contributed by atoms with van der Waals surface area (Å²) < 4.78 is 2.11. The number of nitrogens with one attached hydrogen (secondary N) is 1. The lowest BCUT2D eigenvalue weighted by molar-refractivity contribution is 0.0266. The molecule has 2 atom stereocenters. The third-order valence-electron chi connectivity index (χ3n) is 5.32. The van der Waals surface area contributed by atoms with Crippen LogP contribution in [0.2, 0.25) is 0 Å². The van der Waals surface area contributed by atoms with E-state index in [9.17, 15) is 0 Å². The second-order valence-electron chi connectivity index (χ2n) is 6.64. The molecule has 1 saturated heterocycles. The lowest BCUT2D eigenvalue weighted by Crippen LogP contribution is -2.63. The number of rotatable bonds is 6. The molecule has 0 spiro atoms. The minimum atomic E-state index is 0.284. The van der Waals surface area contributed by atoms with E-state index in [-0.39, 0.29) is 5.54 Å². The molecule has 0 bridgehead atoms. The molecule has 0 aromatic carbocycles. The first-order valence-electron chi connectivity index (χ1n) is 8.57. The van der Waals surface area contributed by atoms with Crippen molar-refractivity contribution < 1.29 is 0 Å². The van der Waals surface area contributed by atoms with Gasteiger partial charge in [0.2, 0.25) is 0 Å². The van der Waals surface area contributed by atoms with Crippen LogP contribution in [0.15, 0.2) is 12.3 Å². The normalized spacial score (nSPS) is 24.1. The van der Waals surface area contributed by atoms with Crippen LogP contribution in [0.4, 0.5) is 0 Å². The summed E-state index contributed by atoms with van der Waals surface area (Å²) in [4.78, 5) is 2.65. The molecule has 2 unspecified atom stereocenters. The maximum Gasteiger partial charge on any atom is 0.0765 e. The zero-order chi connectivity index (χ0) is 15.5. The van der Waals surface area contributed by atoms with Crippen LogP contribution in [-0.4, -0.2) is 39.4 Å². The van der Waals surface area contributed by atoms with E-state index in [2.05, 4.69) is 61.8 Å². The summed E-state index contributed by atoms with van der Waals surface area (Å²) >= 11 is 0. The van der Waals surface area contributed by atoms with E-state index in [1.807, 2.05) is 0 Å². The van der Waals surface area contributed by atoms with Crippen LogP contribution in [0.1, 0.15) is 65.6 Å². The molecular weight excluding hydrogens is 260 g/mol. The van der Waals surface area contributed by atoms with Gasteiger partial charge in [-0.1, -0.05) is 20.8 Å². The fourth-order valence-electron chi connectivity index (χ4n) is 3.33. The van der Waals surface area contributed by atoms with Crippen LogP contribution in [0.25, 0.3) is 0 Å². The van der Waals surface area contributed by atoms with Crippen LogP contribution >= 0.6 is 0 Å². The Kier molecular flexibility index (Phi) is 5.44. The Morgan fingerprint density at radius 2 is 2.10 bits per heavy atom. The molecule has 1 aliphatic heterocycles. The molecular formula is C17H32N4. The van der Waals surface area contributed by atoms with E-state index < -0.39 is 0 Å². The van der Waals surface area contributed by atoms with Gasteiger partial charge in [0, 0.05) is 43.5 Å². The van der Waals surface area contributed by atoms with Crippen LogP contribution < -0.4 is 5.32 Å². The minimum Gasteiger partial charge on any atom is -0.311 e. The predicted octanol–water partition coefficient (Wildman–Crippen LogP) is 3.21. The average molecular weight is 292 g/mol. The highest BCUT2D eigenvalue weighted by Crippen LogP contribution is 2.28. The predicted molar refractivity (Wildman–Crippen MR) is 88.4 cm³/mol. The first-order chi connectivity index (χ1) is 10.0. The van der Waals surface area contributed by atoms with Gasteiger partial charge in [-0.15, -0.1) is 0 Å². The summed E-state index contributed by atoms with van der Waals surface area (Å²) in [5, 5.41) is 8.44. The molecule has 0 amide bonds. The summed E-state index contributed by atoms with van der Waals surface area (Å²) in [6, 6.07) is 3.24. The van der Waals surface area contributed by atoms with Gasteiger partial charge < -0.3 is 5.32 Å². The van der Waals surface area contributed by atoms with Gasteiger partial charge in [-0.2, -0.15) is 5.10 Å². The van der Waals surface area contributed by atoms with Gasteiger partial charge in [0.25, 0.3) is 0 Å². The largest absolute Gasteiger partial charge is 0.311 e. The Balaban J connectivity index is 2.12. The molecule has 1 aliphatic rings. The maximum absolute atomic E-state index is 4.79. The fraction of sp³-hybridized carbons (Fsp3) is 0.824. The number of hydrogen-bond donors (Lipinski definition) is 1. The molecule has 2 heterocycles. The summed E-state index contributed by atoms with van der Waals surface area (Å²) in [6.45, 7) is 14.5. The van der Waals surface area contributed by atoms with E-state index in [4.69, 9.17) is 5.10 Å². The monoisotopic (exact) mass is 292 g/mol. The molecule has 1 aromatic rings. The summed E-state index contributed by atoms with van der Waals surface area (Å²) in [5.41, 5.74) is 1.49. The standard InChI is InChI=1S/C17H32N4/c1-6-15(5)21-10-9-16(19-21)12-20-11-14(4)18-13-17(20,7-2)8-3/h9-10,14-15,18H,6-8,11-13H2,1-5H3. The highest BCUT2D eigenvalue weighted by molar-refractivity contribution is 5.04. The van der Waals surface area contributed by atoms with Crippen molar-refractivity contribution >= 4 is 0 Å². The Hall–Kier alpha value is -0.870. The highest BCUT2D eigenvalue weighted by Gasteiger charge is 2.37. The second-order valence-corrected chi connectivity index (χ2v) is 6.64. The molecule has 1 aromatic heterocycles. The van der Waals surface area contributed by atoms with E-state index >= 15 is 0 Å². The molecule has 0 aliphatic carbocycles. The van der Waals surface area contributed by atoms with E-state index in [1.54, 1.807) is 0 Å². The highest BCUT2D eigenvalue weighted by atomic mass is 15.3. The van der Waals surface area contributed by atoms with Crippen molar-refractivity contribution in [2.24, 2.45) is 0 Å². The second kappa shape index (κ2) is 6.93. The number of piperazine rings is 1. The SMILES string of the molecule is CCC(C)n1ccc(CN2CC(C)NCC2(CC)CC)n1. The van der Waals surface area contributed by atoms with Gasteiger partial charge >= 0.3 is 0 Å². The van der Waals surface area contributed by atoms with Crippen LogP contribution in [0, 0.1) is 0 Å². The number of hydrogen-bond acceptors (Lipinski definition) is 3. The Labute approximate surface area is 129 Å². The van der Waals surface area contributed by atoms with Crippen LogP contribution in [0.5, 0.6) is 0 Å². The van der Waals surface area contributed by atoms with Crippen molar-refractivity contribution in [2.45, 2.75) is 78.0 Å². The van der Waals surface area contributed by atoms with Gasteiger partial charge in [-0.3, -0.25) is 9.58 Å². The van der Waals surface area contributed by atoms with Crippen molar-refractivity contribution in [3.8, 4) is 0 Å². The van der Waals surface area contributed by atoms with E-state index in [1.165, 1.54) is 18.5 Å². The van der Waals surface area contributed by atoms with Gasteiger partial charge in [0.15, 0.2) is 0 Å². The van der Waals surface area contributed by atoms with Gasteiger partial charge in [0.05, 0.1) is 5.69 Å². The third kappa shape index (κ3) is 3.49. The Bertz CT molecular complexity index is 436. The first-order valence-corrected chi connectivity index (χ1v) is 8.57. The van der Waals surface area contributed by atoms with Crippen molar-refractivity contribution in [2.75, 3.05) is 13.1 Å². The number of aromatic nitrogens is 2. The summed E-state index contributed by atoms with van der Waals surface area (Å²) in [5.74, 6) is 0. The molecule has 0 saturated carbocycles. The average Bonchev–Trinajstić information content (AvgIpc) is 2.96. The smallest absolute Gasteiger partial charge is 0.0765 e. The van der Waals surface area contributed by atoms with Crippen molar-refractivity contribution in [3.63, 3.8) is 0 Å². The molecule has 4 nitrogen and oxygen atoms in total.